The summed E-state index contributed by atoms with van der Waals surface area (Å²) in [5, 5.41) is 28.3. The number of fused-ring (bicyclic) bond motifs is 1. The minimum atomic E-state index is -1.65. The highest BCUT2D eigenvalue weighted by Crippen LogP contribution is 2.41. The normalized spacial score (nSPS) is 20.3. The number of nitrogens with one attached hydrogen (secondary N) is 2. The Balaban J connectivity index is 1.29. The number of amides is 3. The molecule has 0 bridgehead atoms. The van der Waals surface area contributed by atoms with E-state index in [0.29, 0.717) is 12.2 Å². The predicted molar refractivity (Wildman–Crippen MR) is 206 cm³/mol. The van der Waals surface area contributed by atoms with Crippen molar-refractivity contribution in [2.24, 2.45) is 0 Å². The highest BCUT2D eigenvalue weighted by molar-refractivity contribution is 8.00. The fraction of sp³-hybridized carbons (Fsp3) is 0.475. The zero-order valence-electron chi connectivity index (χ0n) is 31.3. The van der Waals surface area contributed by atoms with Crippen LogP contribution in [0.2, 0.25) is 0 Å². The van der Waals surface area contributed by atoms with E-state index in [2.05, 4.69) is 20.4 Å². The summed E-state index contributed by atoms with van der Waals surface area (Å²) in [6, 6.07) is 18.4. The number of rotatable bonds is 14. The molecule has 0 radical (unpaired) electrons. The van der Waals surface area contributed by atoms with E-state index in [4.69, 9.17) is 4.74 Å². The summed E-state index contributed by atoms with van der Waals surface area (Å²) >= 11 is 1.44. The lowest BCUT2D eigenvalue weighted by atomic mass is 9.96. The van der Waals surface area contributed by atoms with Crippen LogP contribution in [0.3, 0.4) is 0 Å². The fourth-order valence-corrected chi connectivity index (χ4v) is 8.23. The Labute approximate surface area is 311 Å². The number of aryl methyl sites for hydroxylation is 2. The second-order valence-corrected chi connectivity index (χ2v) is 16.4. The van der Waals surface area contributed by atoms with Crippen LogP contribution in [0.4, 0.5) is 5.69 Å². The van der Waals surface area contributed by atoms with Gasteiger partial charge >= 0.3 is 0 Å². The molecule has 3 amide bonds. The highest BCUT2D eigenvalue weighted by atomic mass is 32.2. The first-order chi connectivity index (χ1) is 24.7. The summed E-state index contributed by atoms with van der Waals surface area (Å²) < 4.78 is 5.35. The quantitative estimate of drug-likeness (QED) is 0.197. The first kappa shape index (κ1) is 39.1. The number of aliphatic hydroxyl groups excluding tert-OH is 2. The van der Waals surface area contributed by atoms with Gasteiger partial charge in [0.15, 0.2) is 12.7 Å². The SMILES string of the molecule is Cc1cc(N(C)CCN(C)C)cc(C)c1OCC(=O)N[C@@H](Cc1ccccc1)[C@H](O)C(=O)N1CSC(C)(C)[C@@H]1C(=O)N[C@H]1c2ccccc2C[C@H]1O. The number of hydrogen-bond donors (Lipinski definition) is 4. The molecule has 11 nitrogen and oxygen atoms in total. The number of carbonyl (C=O) groups excluding carboxylic acids is 3. The maximum absolute atomic E-state index is 14.1. The molecule has 3 aromatic carbocycles. The van der Waals surface area contributed by atoms with Gasteiger partial charge in [0.25, 0.3) is 11.8 Å². The number of ether oxygens (including phenoxy) is 1. The van der Waals surface area contributed by atoms with Crippen LogP contribution in [0, 0.1) is 13.8 Å². The van der Waals surface area contributed by atoms with Gasteiger partial charge in [-0.1, -0.05) is 54.6 Å². The smallest absolute Gasteiger partial charge is 0.258 e. The molecule has 52 heavy (non-hydrogen) atoms. The molecule has 1 aliphatic carbocycles. The zero-order valence-corrected chi connectivity index (χ0v) is 32.1. The number of aliphatic hydroxyl groups is 2. The van der Waals surface area contributed by atoms with Crippen LogP contribution in [-0.2, 0) is 27.2 Å². The van der Waals surface area contributed by atoms with Gasteiger partial charge in [-0.05, 0) is 88.2 Å². The van der Waals surface area contributed by atoms with Gasteiger partial charge < -0.3 is 40.3 Å². The lowest BCUT2D eigenvalue weighted by Crippen LogP contribution is -2.59. The van der Waals surface area contributed by atoms with Crippen molar-refractivity contribution in [3.63, 3.8) is 0 Å². The third-order valence-electron chi connectivity index (χ3n) is 9.97. The number of carbonyl (C=O) groups is 3. The molecule has 1 fully saturated rings. The van der Waals surface area contributed by atoms with Crippen LogP contribution >= 0.6 is 11.8 Å². The molecular weight excluding hydrogens is 679 g/mol. The Morgan fingerprint density at radius 2 is 1.65 bits per heavy atom. The van der Waals surface area contributed by atoms with Crippen LogP contribution in [0.1, 0.15) is 47.7 Å². The Morgan fingerprint density at radius 3 is 2.33 bits per heavy atom. The second kappa shape index (κ2) is 16.7. The third-order valence-corrected chi connectivity index (χ3v) is 11.3. The van der Waals surface area contributed by atoms with Crippen molar-refractivity contribution in [3.8, 4) is 5.75 Å². The van der Waals surface area contributed by atoms with Gasteiger partial charge in [-0.3, -0.25) is 14.4 Å². The van der Waals surface area contributed by atoms with Crippen LogP contribution in [0.15, 0.2) is 66.7 Å². The number of likely N-dealkylation sites (N-methyl/N-ethyl adjacent to an activating group) is 2. The number of thioether (sulfide) groups is 1. The standard InChI is InChI=1S/C40H53N5O6S/c1-25-19-29(44(7)18-17-43(5)6)20-26(2)36(25)51-23-33(47)41-31(21-27-13-9-8-10-14-27)35(48)39(50)45-24-52-40(3,4)37(45)38(49)42-34-30-16-12-11-15-28(30)22-32(34)46/h8-16,19-20,31-32,34-35,37,46,48H,17-18,21-24H2,1-7H3,(H,41,47)(H,42,49)/t31-,32+,34-,35-,37-/m0/s1. The summed E-state index contributed by atoms with van der Waals surface area (Å²) in [6.45, 7) is 9.12. The topological polar surface area (TPSA) is 135 Å². The van der Waals surface area contributed by atoms with Gasteiger partial charge in [0.1, 0.15) is 11.8 Å². The van der Waals surface area contributed by atoms with Gasteiger partial charge in [0, 0.05) is 37.0 Å². The minimum absolute atomic E-state index is 0.178. The van der Waals surface area contributed by atoms with E-state index in [-0.39, 0.29) is 18.9 Å². The van der Waals surface area contributed by atoms with Crippen molar-refractivity contribution in [1.29, 1.82) is 0 Å². The first-order valence-corrected chi connectivity index (χ1v) is 18.8. The average Bonchev–Trinajstić information content (AvgIpc) is 3.60. The molecule has 280 valence electrons. The largest absolute Gasteiger partial charge is 0.483 e. The molecular formula is C40H53N5O6S. The monoisotopic (exact) mass is 731 g/mol. The molecule has 0 aromatic heterocycles. The number of anilines is 1. The van der Waals surface area contributed by atoms with Crippen LogP contribution in [0.25, 0.3) is 0 Å². The summed E-state index contributed by atoms with van der Waals surface area (Å²) in [4.78, 5) is 47.2. The van der Waals surface area contributed by atoms with Gasteiger partial charge in [0.05, 0.1) is 24.1 Å². The molecule has 12 heteroatoms. The Kier molecular flexibility index (Phi) is 12.6. The van der Waals surface area contributed by atoms with Crippen molar-refractivity contribution >= 4 is 35.2 Å². The van der Waals surface area contributed by atoms with E-state index >= 15 is 0 Å². The van der Waals surface area contributed by atoms with E-state index in [1.165, 1.54) is 16.7 Å². The lowest BCUT2D eigenvalue weighted by molar-refractivity contribution is -0.148. The van der Waals surface area contributed by atoms with E-state index in [1.807, 2.05) is 116 Å². The van der Waals surface area contributed by atoms with Gasteiger partial charge in [-0.15, -0.1) is 11.8 Å². The van der Waals surface area contributed by atoms with Crippen molar-refractivity contribution in [3.05, 3.63) is 94.5 Å². The zero-order chi connectivity index (χ0) is 37.7. The molecule has 5 rings (SSSR count). The van der Waals surface area contributed by atoms with Crippen LogP contribution in [0.5, 0.6) is 5.75 Å². The predicted octanol–water partition coefficient (Wildman–Crippen LogP) is 3.22. The average molecular weight is 732 g/mol. The van der Waals surface area contributed by atoms with Crippen molar-refractivity contribution in [2.45, 2.75) is 75.6 Å². The van der Waals surface area contributed by atoms with Crippen molar-refractivity contribution < 1.29 is 29.3 Å². The molecule has 0 saturated carbocycles. The molecule has 1 aliphatic heterocycles. The summed E-state index contributed by atoms with van der Waals surface area (Å²) in [6.07, 6.45) is -1.83. The number of nitrogens with zero attached hydrogens (tertiary/aromatic N) is 3. The molecule has 3 aromatic rings. The minimum Gasteiger partial charge on any atom is -0.483 e. The fourth-order valence-electron chi connectivity index (χ4n) is 7.09. The van der Waals surface area contributed by atoms with Crippen LogP contribution in [-0.4, -0.2) is 113 Å². The van der Waals surface area contributed by atoms with Crippen molar-refractivity contribution in [2.75, 3.05) is 51.6 Å². The van der Waals surface area contributed by atoms with Gasteiger partial charge in [0.2, 0.25) is 5.91 Å². The second-order valence-electron chi connectivity index (χ2n) is 14.8. The third kappa shape index (κ3) is 9.09. The van der Waals surface area contributed by atoms with Gasteiger partial charge in [-0.25, -0.2) is 0 Å². The molecule has 0 unspecified atom stereocenters. The molecule has 1 saturated heterocycles. The number of benzene rings is 3. The Bertz CT molecular complexity index is 1710. The number of hydrogen-bond acceptors (Lipinski definition) is 9. The summed E-state index contributed by atoms with van der Waals surface area (Å²) in [5.41, 5.74) is 5.48. The van der Waals surface area contributed by atoms with E-state index in [0.717, 1.165) is 46.6 Å². The Morgan fingerprint density at radius 1 is 1.00 bits per heavy atom. The maximum Gasteiger partial charge on any atom is 0.258 e. The summed E-state index contributed by atoms with van der Waals surface area (Å²) in [5.74, 6) is -0.768. The van der Waals surface area contributed by atoms with E-state index in [1.54, 1.807) is 0 Å². The van der Waals surface area contributed by atoms with Gasteiger partial charge in [-0.2, -0.15) is 0 Å². The van der Waals surface area contributed by atoms with Crippen molar-refractivity contribution in [1.82, 2.24) is 20.4 Å². The van der Waals surface area contributed by atoms with E-state index < -0.39 is 52.8 Å². The summed E-state index contributed by atoms with van der Waals surface area (Å²) in [7, 11) is 6.12. The first-order valence-electron chi connectivity index (χ1n) is 17.8. The lowest BCUT2D eigenvalue weighted by Gasteiger charge is -2.34. The van der Waals surface area contributed by atoms with E-state index in [9.17, 15) is 24.6 Å². The molecule has 2 aliphatic rings. The molecule has 5 atom stereocenters. The molecule has 1 heterocycles. The van der Waals surface area contributed by atoms with Crippen LogP contribution < -0.4 is 20.3 Å². The Hall–Kier alpha value is -4.10. The molecule has 0 spiro atoms. The highest BCUT2D eigenvalue weighted by Gasteiger charge is 2.50. The maximum atomic E-state index is 14.1. The molecule has 4 N–H and O–H groups in total.